The first-order valence-electron chi connectivity index (χ1n) is 8.68. The molecule has 9 heteroatoms. The molecular weight excluding hydrogens is 371 g/mol. The number of pyridine rings is 1. The molecular formula is C18H23FN4O3S. The van der Waals surface area contributed by atoms with E-state index in [0.29, 0.717) is 17.9 Å². The van der Waals surface area contributed by atoms with Crippen LogP contribution in [0.15, 0.2) is 17.6 Å². The zero-order valence-corrected chi connectivity index (χ0v) is 16.3. The van der Waals surface area contributed by atoms with E-state index < -0.39 is 23.8 Å². The number of likely N-dealkylation sites (tertiary alicyclic amines) is 1. The lowest BCUT2D eigenvalue weighted by atomic mass is 10.0. The lowest BCUT2D eigenvalue weighted by Crippen LogP contribution is -2.51. The maximum atomic E-state index is 14.2. The maximum Gasteiger partial charge on any atom is 0.410 e. The van der Waals surface area contributed by atoms with Crippen LogP contribution in [0, 0.1) is 0 Å². The normalized spacial score (nSPS) is 20.5. The number of nitrogens with two attached hydrogens (primary N) is 1. The Morgan fingerprint density at radius 1 is 1.41 bits per heavy atom. The van der Waals surface area contributed by atoms with Crippen LogP contribution in [-0.2, 0) is 4.74 Å². The third-order valence-electron chi connectivity index (χ3n) is 4.15. The fourth-order valence-corrected chi connectivity index (χ4v) is 3.98. The number of thiophene rings is 1. The molecule has 2 aromatic heterocycles. The number of ether oxygens (including phenoxy) is 1. The van der Waals surface area contributed by atoms with Crippen LogP contribution < -0.4 is 11.1 Å². The molecule has 3 N–H and O–H groups in total. The first-order chi connectivity index (χ1) is 12.6. The number of amides is 2. The van der Waals surface area contributed by atoms with Gasteiger partial charge in [0.05, 0.1) is 16.8 Å². The first kappa shape index (κ1) is 19.3. The van der Waals surface area contributed by atoms with Gasteiger partial charge in [0, 0.05) is 30.6 Å². The van der Waals surface area contributed by atoms with Crippen LogP contribution in [0.4, 0.5) is 15.0 Å². The molecule has 3 heterocycles. The van der Waals surface area contributed by atoms with Gasteiger partial charge >= 0.3 is 6.09 Å². The van der Waals surface area contributed by atoms with Gasteiger partial charge in [0.2, 0.25) is 0 Å². The number of carbonyl (C=O) groups is 2. The SMILES string of the molecule is CC(C)(C)OC(=O)N1C[C@H](F)C[C@H](Nc2ncc(C(N)=O)c3sccc23)C1. The summed E-state index contributed by atoms with van der Waals surface area (Å²) in [6.07, 6.45) is -0.0179. The molecule has 2 aromatic rings. The van der Waals surface area contributed by atoms with Crippen LogP contribution in [0.2, 0.25) is 0 Å². The predicted octanol–water partition coefficient (Wildman–Crippen LogP) is 3.15. The van der Waals surface area contributed by atoms with Crippen LogP contribution >= 0.6 is 11.3 Å². The molecule has 146 valence electrons. The standard InChI is InChI=1S/C18H23FN4O3S/c1-18(2,3)26-17(25)23-8-10(19)6-11(9-23)22-16-12-4-5-27-14(12)13(7-21-16)15(20)24/h4-5,7,10-11H,6,8-9H2,1-3H3,(H2,20,24)(H,21,22)/t10-,11+/m1/s1. The minimum atomic E-state index is -1.16. The molecule has 2 atom stereocenters. The number of halogens is 1. The van der Waals surface area contributed by atoms with Gasteiger partial charge in [0.15, 0.2) is 0 Å². The van der Waals surface area contributed by atoms with Crippen LogP contribution in [0.5, 0.6) is 0 Å². The van der Waals surface area contributed by atoms with Gasteiger partial charge in [0.1, 0.15) is 17.6 Å². The molecule has 0 aliphatic carbocycles. The summed E-state index contributed by atoms with van der Waals surface area (Å²) in [5, 5.41) is 5.80. The number of nitrogens with zero attached hydrogens (tertiary/aromatic N) is 2. The van der Waals surface area contributed by atoms with Gasteiger partial charge in [-0.15, -0.1) is 11.3 Å². The molecule has 0 saturated carbocycles. The summed E-state index contributed by atoms with van der Waals surface area (Å²) >= 11 is 1.39. The third-order valence-corrected chi connectivity index (χ3v) is 5.09. The van der Waals surface area contributed by atoms with Crippen molar-refractivity contribution in [1.82, 2.24) is 9.88 Å². The second-order valence-corrected chi connectivity index (χ2v) is 8.52. The summed E-state index contributed by atoms with van der Waals surface area (Å²) in [5.41, 5.74) is 5.11. The van der Waals surface area contributed by atoms with Gasteiger partial charge < -0.3 is 20.7 Å². The number of carbonyl (C=O) groups excluding carboxylic acids is 2. The summed E-state index contributed by atoms with van der Waals surface area (Å²) in [4.78, 5) is 29.5. The number of fused-ring (bicyclic) bond motifs is 1. The molecule has 3 rings (SSSR count). The van der Waals surface area contributed by atoms with E-state index in [2.05, 4.69) is 10.3 Å². The Kier molecular flexibility index (Phi) is 5.23. The van der Waals surface area contributed by atoms with E-state index >= 15 is 0 Å². The Morgan fingerprint density at radius 2 is 2.15 bits per heavy atom. The first-order valence-corrected chi connectivity index (χ1v) is 9.56. The third kappa shape index (κ3) is 4.47. The van der Waals surface area contributed by atoms with Crippen molar-refractivity contribution in [1.29, 1.82) is 0 Å². The lowest BCUT2D eigenvalue weighted by Gasteiger charge is -2.36. The number of alkyl halides is 1. The van der Waals surface area contributed by atoms with Crippen molar-refractivity contribution in [2.24, 2.45) is 5.73 Å². The molecule has 0 radical (unpaired) electrons. The van der Waals surface area contributed by atoms with E-state index in [-0.39, 0.29) is 19.0 Å². The van der Waals surface area contributed by atoms with Crippen LogP contribution in [-0.4, -0.2) is 52.8 Å². The molecule has 0 bridgehead atoms. The highest BCUT2D eigenvalue weighted by atomic mass is 32.1. The zero-order chi connectivity index (χ0) is 19.8. The molecule has 0 unspecified atom stereocenters. The highest BCUT2D eigenvalue weighted by molar-refractivity contribution is 7.17. The molecule has 1 saturated heterocycles. The van der Waals surface area contributed by atoms with E-state index in [4.69, 9.17) is 10.5 Å². The Hall–Kier alpha value is -2.42. The van der Waals surface area contributed by atoms with E-state index in [0.717, 1.165) is 10.1 Å². The van der Waals surface area contributed by atoms with Gasteiger partial charge in [-0.2, -0.15) is 0 Å². The summed E-state index contributed by atoms with van der Waals surface area (Å²) in [5.74, 6) is -0.00132. The van der Waals surface area contributed by atoms with Crippen molar-refractivity contribution in [2.75, 3.05) is 18.4 Å². The Morgan fingerprint density at radius 3 is 2.81 bits per heavy atom. The Balaban J connectivity index is 1.78. The maximum absolute atomic E-state index is 14.2. The Bertz CT molecular complexity index is 864. The van der Waals surface area contributed by atoms with Crippen molar-refractivity contribution in [3.05, 3.63) is 23.2 Å². The van der Waals surface area contributed by atoms with E-state index in [1.807, 2.05) is 11.4 Å². The molecule has 0 spiro atoms. The number of anilines is 1. The molecule has 1 aliphatic rings. The highest BCUT2D eigenvalue weighted by Gasteiger charge is 2.33. The number of rotatable bonds is 3. The van der Waals surface area contributed by atoms with E-state index in [9.17, 15) is 14.0 Å². The van der Waals surface area contributed by atoms with Crippen molar-refractivity contribution in [2.45, 2.75) is 45.0 Å². The average Bonchev–Trinajstić information content (AvgIpc) is 3.02. The number of hydrogen-bond acceptors (Lipinski definition) is 6. The van der Waals surface area contributed by atoms with Gasteiger partial charge in [-0.1, -0.05) is 0 Å². The van der Waals surface area contributed by atoms with Crippen LogP contribution in [0.3, 0.4) is 0 Å². The van der Waals surface area contributed by atoms with Crippen molar-refractivity contribution >= 4 is 39.2 Å². The van der Waals surface area contributed by atoms with Crippen molar-refractivity contribution in [3.63, 3.8) is 0 Å². The second-order valence-electron chi connectivity index (χ2n) is 7.61. The van der Waals surface area contributed by atoms with Gasteiger partial charge in [-0.05, 0) is 32.2 Å². The molecule has 0 aromatic carbocycles. The lowest BCUT2D eigenvalue weighted by molar-refractivity contribution is 0.0124. The Labute approximate surface area is 160 Å². The fourth-order valence-electron chi connectivity index (χ4n) is 3.06. The number of nitrogens with one attached hydrogen (secondary N) is 1. The van der Waals surface area contributed by atoms with Gasteiger partial charge in [0.25, 0.3) is 5.91 Å². The number of aromatic nitrogens is 1. The summed E-state index contributed by atoms with van der Waals surface area (Å²) in [6, 6.07) is 1.51. The second kappa shape index (κ2) is 7.30. The minimum absolute atomic E-state index is 0.00893. The molecule has 1 aliphatic heterocycles. The van der Waals surface area contributed by atoms with Gasteiger partial charge in [-0.3, -0.25) is 4.79 Å². The van der Waals surface area contributed by atoms with E-state index in [1.165, 1.54) is 22.4 Å². The number of hydrogen-bond donors (Lipinski definition) is 2. The fraction of sp³-hybridized carbons (Fsp3) is 0.500. The zero-order valence-electron chi connectivity index (χ0n) is 15.5. The van der Waals surface area contributed by atoms with Gasteiger partial charge in [-0.25, -0.2) is 14.2 Å². The number of primary amides is 1. The van der Waals surface area contributed by atoms with E-state index in [1.54, 1.807) is 20.8 Å². The monoisotopic (exact) mass is 394 g/mol. The minimum Gasteiger partial charge on any atom is -0.444 e. The topological polar surface area (TPSA) is 97.6 Å². The molecule has 7 nitrogen and oxygen atoms in total. The van der Waals surface area contributed by atoms with Crippen molar-refractivity contribution < 1.29 is 18.7 Å². The van der Waals surface area contributed by atoms with Crippen LogP contribution in [0.1, 0.15) is 37.6 Å². The van der Waals surface area contributed by atoms with Crippen molar-refractivity contribution in [3.8, 4) is 0 Å². The quantitative estimate of drug-likeness (QED) is 0.833. The summed E-state index contributed by atoms with van der Waals surface area (Å²) in [7, 11) is 0. The smallest absolute Gasteiger partial charge is 0.410 e. The average molecular weight is 394 g/mol. The van der Waals surface area contributed by atoms with Crippen LogP contribution in [0.25, 0.3) is 10.1 Å². The largest absolute Gasteiger partial charge is 0.444 e. The predicted molar refractivity (Wildman–Crippen MR) is 103 cm³/mol. The summed E-state index contributed by atoms with van der Waals surface area (Å²) < 4.78 is 20.3. The molecule has 2 amide bonds. The molecule has 27 heavy (non-hydrogen) atoms. The highest BCUT2D eigenvalue weighted by Crippen LogP contribution is 2.30. The summed E-state index contributed by atoms with van der Waals surface area (Å²) in [6.45, 7) is 5.63. The molecule has 1 fully saturated rings. The number of piperidine rings is 1.